The molecule has 2 bridgehead atoms. The van der Waals surface area contributed by atoms with Gasteiger partial charge in [0.25, 0.3) is 0 Å². The number of hydrogen-bond acceptors (Lipinski definition) is 2. The van der Waals surface area contributed by atoms with Gasteiger partial charge in [0.05, 0.1) is 5.56 Å². The summed E-state index contributed by atoms with van der Waals surface area (Å²) in [7, 11) is 0. The minimum atomic E-state index is -1.02. The van der Waals surface area contributed by atoms with E-state index >= 15 is 0 Å². The van der Waals surface area contributed by atoms with E-state index in [1.54, 1.807) is 6.07 Å². The summed E-state index contributed by atoms with van der Waals surface area (Å²) in [6.45, 7) is 0. The van der Waals surface area contributed by atoms with E-state index in [9.17, 15) is 9.59 Å². The van der Waals surface area contributed by atoms with Gasteiger partial charge in [0.2, 0.25) is 0 Å². The molecule has 0 aromatic heterocycles. The van der Waals surface area contributed by atoms with Crippen molar-refractivity contribution in [2.75, 3.05) is 5.32 Å². The van der Waals surface area contributed by atoms with Crippen molar-refractivity contribution < 1.29 is 14.7 Å². The number of nitrogens with one attached hydrogen (secondary N) is 2. The molecule has 0 radical (unpaired) electrons. The third-order valence-electron chi connectivity index (χ3n) is 4.46. The lowest BCUT2D eigenvalue weighted by atomic mass is 9.95. The Bertz CT molecular complexity index is 590. The average Bonchev–Trinajstić information content (AvgIpc) is 2.99. The van der Waals surface area contributed by atoms with Gasteiger partial charge in [0.15, 0.2) is 0 Å². The van der Waals surface area contributed by atoms with Crippen molar-refractivity contribution in [1.82, 2.24) is 5.32 Å². The second-order valence-corrected chi connectivity index (χ2v) is 6.83. The van der Waals surface area contributed by atoms with Gasteiger partial charge in [-0.2, -0.15) is 0 Å². The highest BCUT2D eigenvalue weighted by Crippen LogP contribution is 2.44. The zero-order valence-electron chi connectivity index (χ0n) is 11.4. The van der Waals surface area contributed by atoms with Crippen LogP contribution in [0.2, 0.25) is 0 Å². The van der Waals surface area contributed by atoms with E-state index in [0.717, 1.165) is 12.3 Å². The molecule has 0 saturated heterocycles. The van der Waals surface area contributed by atoms with Crippen molar-refractivity contribution in [1.29, 1.82) is 0 Å². The first-order valence-electron chi connectivity index (χ1n) is 7.12. The Morgan fingerprint density at radius 3 is 2.62 bits per heavy atom. The van der Waals surface area contributed by atoms with Gasteiger partial charge in [-0.25, -0.2) is 9.59 Å². The minimum absolute atomic E-state index is 0.139. The number of anilines is 1. The molecule has 1 aromatic rings. The van der Waals surface area contributed by atoms with Crippen molar-refractivity contribution in [2.45, 2.75) is 31.7 Å². The van der Waals surface area contributed by atoms with Crippen LogP contribution in [0.5, 0.6) is 0 Å². The van der Waals surface area contributed by atoms with Crippen LogP contribution in [0.4, 0.5) is 10.5 Å². The summed E-state index contributed by atoms with van der Waals surface area (Å²) in [6, 6.07) is 4.64. The monoisotopic (exact) mass is 352 g/mol. The van der Waals surface area contributed by atoms with Gasteiger partial charge >= 0.3 is 12.0 Å². The number of amides is 2. The molecule has 3 atom stereocenters. The van der Waals surface area contributed by atoms with Crippen molar-refractivity contribution in [2.24, 2.45) is 11.8 Å². The van der Waals surface area contributed by atoms with Crippen molar-refractivity contribution >= 4 is 33.6 Å². The molecule has 2 amide bonds. The van der Waals surface area contributed by atoms with Gasteiger partial charge in [-0.3, -0.25) is 0 Å². The molecule has 3 rings (SSSR count). The van der Waals surface area contributed by atoms with Crippen LogP contribution >= 0.6 is 15.9 Å². The van der Waals surface area contributed by atoms with Crippen LogP contribution in [0.15, 0.2) is 22.7 Å². The number of urea groups is 1. The largest absolute Gasteiger partial charge is 0.478 e. The lowest BCUT2D eigenvalue weighted by Crippen LogP contribution is -2.41. The lowest BCUT2D eigenvalue weighted by Gasteiger charge is -2.23. The fourth-order valence-electron chi connectivity index (χ4n) is 3.54. The molecule has 6 heteroatoms. The Balaban J connectivity index is 1.63. The quantitative estimate of drug-likeness (QED) is 0.779. The van der Waals surface area contributed by atoms with Crippen LogP contribution in [-0.4, -0.2) is 23.1 Å². The van der Waals surface area contributed by atoms with E-state index in [1.807, 2.05) is 0 Å². The maximum absolute atomic E-state index is 12.1. The molecule has 5 nitrogen and oxygen atoms in total. The molecule has 3 N–H and O–H groups in total. The zero-order chi connectivity index (χ0) is 15.0. The minimum Gasteiger partial charge on any atom is -0.478 e. The van der Waals surface area contributed by atoms with E-state index in [-0.39, 0.29) is 17.6 Å². The fraction of sp³-hybridized carbons (Fsp3) is 0.467. The number of carbonyl (C=O) groups excluding carboxylic acids is 1. The molecular formula is C15H17BrN2O3. The molecule has 0 heterocycles. The van der Waals surface area contributed by atoms with E-state index in [1.165, 1.54) is 31.4 Å². The maximum Gasteiger partial charge on any atom is 0.335 e. The van der Waals surface area contributed by atoms with Gasteiger partial charge in [-0.15, -0.1) is 0 Å². The summed E-state index contributed by atoms with van der Waals surface area (Å²) < 4.78 is 0.623. The predicted octanol–water partition coefficient (Wildman–Crippen LogP) is 3.46. The lowest BCUT2D eigenvalue weighted by molar-refractivity contribution is 0.0697. The van der Waals surface area contributed by atoms with E-state index in [0.29, 0.717) is 16.1 Å². The number of hydrogen-bond donors (Lipinski definition) is 3. The molecule has 2 aliphatic rings. The van der Waals surface area contributed by atoms with Crippen molar-refractivity contribution in [3.8, 4) is 0 Å². The smallest absolute Gasteiger partial charge is 0.335 e. The highest BCUT2D eigenvalue weighted by Gasteiger charge is 2.40. The number of halogens is 1. The SMILES string of the molecule is O=C(Nc1cc(Br)cc(C(=O)O)c1)NC1CC2CCC1C2. The summed E-state index contributed by atoms with van der Waals surface area (Å²) in [5, 5.41) is 14.8. The summed E-state index contributed by atoms with van der Waals surface area (Å²) in [5.41, 5.74) is 0.613. The summed E-state index contributed by atoms with van der Waals surface area (Å²) in [6.07, 6.45) is 4.79. The number of aromatic carboxylic acids is 1. The topological polar surface area (TPSA) is 78.4 Å². The summed E-state index contributed by atoms with van der Waals surface area (Å²) in [5.74, 6) is 0.357. The number of rotatable bonds is 3. The van der Waals surface area contributed by atoms with Gasteiger partial charge in [0.1, 0.15) is 0 Å². The highest BCUT2D eigenvalue weighted by atomic mass is 79.9. The molecule has 2 aliphatic carbocycles. The van der Waals surface area contributed by atoms with E-state index in [2.05, 4.69) is 26.6 Å². The zero-order valence-corrected chi connectivity index (χ0v) is 13.0. The van der Waals surface area contributed by atoms with Crippen LogP contribution in [0.25, 0.3) is 0 Å². The number of benzene rings is 1. The third kappa shape index (κ3) is 3.20. The van der Waals surface area contributed by atoms with Gasteiger partial charge < -0.3 is 15.7 Å². The standard InChI is InChI=1S/C15H17BrN2O3/c16-11-5-10(14(19)20)6-12(7-11)17-15(21)18-13-4-8-1-2-9(13)3-8/h5-9,13H,1-4H2,(H,19,20)(H2,17,18,21). The summed E-state index contributed by atoms with van der Waals surface area (Å²) >= 11 is 3.25. The first kappa shape index (κ1) is 14.4. The fourth-order valence-corrected chi connectivity index (χ4v) is 4.04. The van der Waals surface area contributed by atoms with Gasteiger partial charge in [0, 0.05) is 16.2 Å². The molecule has 1 aromatic carbocycles. The summed E-state index contributed by atoms with van der Waals surface area (Å²) in [4.78, 5) is 23.1. The molecule has 2 saturated carbocycles. The predicted molar refractivity (Wildman–Crippen MR) is 82.5 cm³/mol. The molecule has 3 unspecified atom stereocenters. The average molecular weight is 353 g/mol. The number of carboxylic acids is 1. The molecule has 112 valence electrons. The molecule has 21 heavy (non-hydrogen) atoms. The number of carbonyl (C=O) groups is 2. The van der Waals surface area contributed by atoms with E-state index < -0.39 is 5.97 Å². The Morgan fingerprint density at radius 1 is 1.19 bits per heavy atom. The second-order valence-electron chi connectivity index (χ2n) is 5.91. The Hall–Kier alpha value is -1.56. The maximum atomic E-state index is 12.1. The van der Waals surface area contributed by atoms with Gasteiger partial charge in [-0.1, -0.05) is 22.4 Å². The van der Waals surface area contributed by atoms with Crippen molar-refractivity contribution in [3.63, 3.8) is 0 Å². The Labute approximate surface area is 131 Å². The molecule has 2 fully saturated rings. The van der Waals surface area contributed by atoms with E-state index in [4.69, 9.17) is 5.11 Å². The highest BCUT2D eigenvalue weighted by molar-refractivity contribution is 9.10. The van der Waals surface area contributed by atoms with Crippen molar-refractivity contribution in [3.05, 3.63) is 28.2 Å². The Morgan fingerprint density at radius 2 is 2.00 bits per heavy atom. The normalized spacial score (nSPS) is 26.6. The molecule has 0 spiro atoms. The first-order chi connectivity index (χ1) is 10.0. The molecule has 0 aliphatic heterocycles. The number of fused-ring (bicyclic) bond motifs is 2. The number of carboxylic acid groups (broad SMARTS) is 1. The Kier molecular flexibility index (Phi) is 3.89. The van der Waals surface area contributed by atoms with Gasteiger partial charge in [-0.05, 0) is 49.3 Å². The van der Waals surface area contributed by atoms with Crippen LogP contribution in [0.1, 0.15) is 36.0 Å². The van der Waals surface area contributed by atoms with Crippen LogP contribution in [0, 0.1) is 11.8 Å². The van der Waals surface area contributed by atoms with Crippen LogP contribution in [0.3, 0.4) is 0 Å². The van der Waals surface area contributed by atoms with Crippen LogP contribution < -0.4 is 10.6 Å². The first-order valence-corrected chi connectivity index (χ1v) is 7.92. The van der Waals surface area contributed by atoms with Crippen LogP contribution in [-0.2, 0) is 0 Å². The second kappa shape index (κ2) is 5.67. The third-order valence-corrected chi connectivity index (χ3v) is 4.92. The molecular weight excluding hydrogens is 336 g/mol.